The zero-order valence-corrected chi connectivity index (χ0v) is 20.7. The summed E-state index contributed by atoms with van der Waals surface area (Å²) >= 11 is 6.24. The second-order valence-electron chi connectivity index (χ2n) is 9.83. The zero-order chi connectivity index (χ0) is 24.6. The largest absolute Gasteiger partial charge is 0.419 e. The summed E-state index contributed by atoms with van der Waals surface area (Å²) in [6.07, 6.45) is 7.52. The highest BCUT2D eigenvalue weighted by Gasteiger charge is 2.39. The Kier molecular flexibility index (Phi) is 4.86. The summed E-state index contributed by atoms with van der Waals surface area (Å²) in [4.78, 5) is 44.8. The number of carbonyl (C=O) groups is 2. The molecule has 0 atom stereocenters. The number of carbonyl (C=O) groups excluding carboxylic acids is 2. The highest BCUT2D eigenvalue weighted by Crippen LogP contribution is 2.43. The summed E-state index contributed by atoms with van der Waals surface area (Å²) in [7, 11) is 0. The van der Waals surface area contributed by atoms with Gasteiger partial charge in [-0.05, 0) is 54.8 Å². The average Bonchev–Trinajstić information content (AvgIpc) is 3.63. The van der Waals surface area contributed by atoms with Crippen LogP contribution in [0.3, 0.4) is 0 Å². The number of rotatable bonds is 4. The van der Waals surface area contributed by atoms with Crippen LogP contribution in [0.5, 0.6) is 11.8 Å². The van der Waals surface area contributed by atoms with Gasteiger partial charge >= 0.3 is 0 Å². The van der Waals surface area contributed by atoms with Gasteiger partial charge in [0.1, 0.15) is 5.56 Å². The average molecular weight is 505 g/mol. The Morgan fingerprint density at radius 3 is 2.75 bits per heavy atom. The van der Waals surface area contributed by atoms with Gasteiger partial charge in [0.2, 0.25) is 17.0 Å². The van der Waals surface area contributed by atoms with Gasteiger partial charge in [0.25, 0.3) is 11.8 Å². The number of aryl methyl sites for hydroxylation is 1. The number of hydrogen-bond acceptors (Lipinski definition) is 6. The van der Waals surface area contributed by atoms with Gasteiger partial charge in [-0.15, -0.1) is 0 Å². The molecule has 0 saturated heterocycles. The van der Waals surface area contributed by atoms with Crippen LogP contribution in [0.25, 0.3) is 11.3 Å². The van der Waals surface area contributed by atoms with Crippen LogP contribution in [0.1, 0.15) is 68.6 Å². The third kappa shape index (κ3) is 3.25. The lowest BCUT2D eigenvalue weighted by Crippen LogP contribution is -2.40. The third-order valence-electron chi connectivity index (χ3n) is 7.70. The number of nitrogens with one attached hydrogen (secondary N) is 2. The van der Waals surface area contributed by atoms with E-state index in [1.807, 2.05) is 11.1 Å². The second kappa shape index (κ2) is 8.03. The number of ether oxygens (including phenoxy) is 1. The van der Waals surface area contributed by atoms with Crippen molar-refractivity contribution >= 4 is 23.4 Å². The normalized spacial score (nSPS) is 18.2. The molecule has 1 fully saturated rings. The van der Waals surface area contributed by atoms with Gasteiger partial charge in [-0.25, -0.2) is 9.97 Å². The smallest absolute Gasteiger partial charge is 0.261 e. The van der Waals surface area contributed by atoms with Crippen molar-refractivity contribution in [3.8, 4) is 23.0 Å². The molecule has 0 unspecified atom stereocenters. The van der Waals surface area contributed by atoms with E-state index < -0.39 is 0 Å². The van der Waals surface area contributed by atoms with Crippen LogP contribution in [-0.4, -0.2) is 55.8 Å². The van der Waals surface area contributed by atoms with Crippen molar-refractivity contribution in [2.75, 3.05) is 13.1 Å². The van der Waals surface area contributed by atoms with Crippen LogP contribution in [0.2, 0.25) is 5.28 Å². The Hall–Kier alpha value is -3.46. The minimum absolute atomic E-state index is 0.0123. The molecule has 0 spiro atoms. The Morgan fingerprint density at radius 1 is 1.08 bits per heavy atom. The van der Waals surface area contributed by atoms with Crippen LogP contribution < -0.4 is 10.1 Å². The predicted octanol–water partition coefficient (Wildman–Crippen LogP) is 3.42. The fraction of sp³-hybridized carbons (Fsp3) is 0.423. The van der Waals surface area contributed by atoms with Crippen molar-refractivity contribution < 1.29 is 14.3 Å². The summed E-state index contributed by atoms with van der Waals surface area (Å²) in [6, 6.07) is 0.289. The number of halogens is 1. The number of fused-ring (bicyclic) bond motifs is 6. The summed E-state index contributed by atoms with van der Waals surface area (Å²) < 4.78 is 6.32. The molecular weight excluding hydrogens is 480 g/mol. The van der Waals surface area contributed by atoms with Gasteiger partial charge in [-0.1, -0.05) is 6.92 Å². The molecule has 0 bridgehead atoms. The minimum atomic E-state index is -0.105. The van der Waals surface area contributed by atoms with Crippen LogP contribution in [0.4, 0.5) is 0 Å². The summed E-state index contributed by atoms with van der Waals surface area (Å²) in [6.45, 7) is 3.32. The molecule has 0 aromatic carbocycles. The molecule has 9 nitrogen and oxygen atoms in total. The number of amides is 2. The number of H-pyrrole nitrogens is 1. The lowest BCUT2D eigenvalue weighted by molar-refractivity contribution is 0.0720. The summed E-state index contributed by atoms with van der Waals surface area (Å²) in [5.41, 5.74) is 7.86. The molecule has 10 heteroatoms. The second-order valence-corrected chi connectivity index (χ2v) is 10.2. The molecule has 2 amide bonds. The quantitative estimate of drug-likeness (QED) is 0.526. The molecule has 2 N–H and O–H groups in total. The molecule has 1 saturated carbocycles. The molecule has 4 aliphatic rings. The number of aromatic amines is 1. The maximum absolute atomic E-state index is 13.4. The Balaban J connectivity index is 1.34. The van der Waals surface area contributed by atoms with E-state index in [1.54, 1.807) is 0 Å². The maximum atomic E-state index is 13.4. The molecule has 36 heavy (non-hydrogen) atoms. The van der Waals surface area contributed by atoms with Gasteiger partial charge in [0, 0.05) is 55.0 Å². The number of hydrogen-bond donors (Lipinski definition) is 2. The van der Waals surface area contributed by atoms with E-state index in [0.29, 0.717) is 43.1 Å². The number of pyridine rings is 1. The fourth-order valence-corrected chi connectivity index (χ4v) is 6.07. The van der Waals surface area contributed by atoms with E-state index in [-0.39, 0.29) is 29.0 Å². The third-order valence-corrected chi connectivity index (χ3v) is 7.87. The maximum Gasteiger partial charge on any atom is 0.261 e. The van der Waals surface area contributed by atoms with Gasteiger partial charge in [0.15, 0.2) is 0 Å². The zero-order valence-electron chi connectivity index (χ0n) is 19.9. The Morgan fingerprint density at radius 2 is 1.94 bits per heavy atom. The van der Waals surface area contributed by atoms with Crippen LogP contribution >= 0.6 is 11.6 Å². The standard InChI is InChI=1S/C26H25ClN6O3/c1-2-14-18-12(3-6-15-19-16(30-21(15)18)7-9-28-22(19)34)11-29-23(14)36-24-20-17(31-26(27)32-24)8-10-33(25(20)35)13-4-5-13/h11,13,30H,2-10H2,1H3,(H,28,34). The van der Waals surface area contributed by atoms with Gasteiger partial charge in [0.05, 0.1) is 17.0 Å². The van der Waals surface area contributed by atoms with Crippen molar-refractivity contribution in [1.29, 1.82) is 0 Å². The van der Waals surface area contributed by atoms with Crippen LogP contribution in [0.15, 0.2) is 6.20 Å². The van der Waals surface area contributed by atoms with E-state index in [9.17, 15) is 9.59 Å². The lowest BCUT2D eigenvalue weighted by Gasteiger charge is -2.29. The predicted molar refractivity (Wildman–Crippen MR) is 132 cm³/mol. The lowest BCUT2D eigenvalue weighted by atomic mass is 9.85. The first-order valence-electron chi connectivity index (χ1n) is 12.6. The van der Waals surface area contributed by atoms with Crippen molar-refractivity contribution in [3.63, 3.8) is 0 Å². The molecule has 3 aromatic rings. The Labute approximate surface area is 212 Å². The number of aromatic nitrogens is 4. The highest BCUT2D eigenvalue weighted by molar-refractivity contribution is 6.28. The van der Waals surface area contributed by atoms with E-state index in [1.165, 1.54) is 0 Å². The van der Waals surface area contributed by atoms with E-state index in [2.05, 4.69) is 32.2 Å². The van der Waals surface area contributed by atoms with Gasteiger partial charge < -0.3 is 19.9 Å². The van der Waals surface area contributed by atoms with Crippen molar-refractivity contribution in [1.82, 2.24) is 30.2 Å². The monoisotopic (exact) mass is 504 g/mol. The Bertz CT molecular complexity index is 1460. The van der Waals surface area contributed by atoms with Crippen molar-refractivity contribution in [3.05, 3.63) is 50.7 Å². The van der Waals surface area contributed by atoms with Crippen LogP contribution in [-0.2, 0) is 32.1 Å². The molecule has 7 rings (SSSR count). The van der Waals surface area contributed by atoms with Crippen molar-refractivity contribution in [2.45, 2.75) is 57.9 Å². The van der Waals surface area contributed by atoms with E-state index >= 15 is 0 Å². The summed E-state index contributed by atoms with van der Waals surface area (Å²) in [5, 5.41) is 3.02. The topological polar surface area (TPSA) is 113 Å². The number of nitrogens with zero attached hydrogens (tertiary/aromatic N) is 4. The van der Waals surface area contributed by atoms with E-state index in [0.717, 1.165) is 71.3 Å². The van der Waals surface area contributed by atoms with Crippen LogP contribution in [0, 0.1) is 0 Å². The van der Waals surface area contributed by atoms with Gasteiger partial charge in [-0.3, -0.25) is 9.59 Å². The first-order chi connectivity index (χ1) is 17.5. The first kappa shape index (κ1) is 21.8. The molecule has 2 aliphatic carbocycles. The van der Waals surface area contributed by atoms with Gasteiger partial charge in [-0.2, -0.15) is 4.98 Å². The molecule has 0 radical (unpaired) electrons. The summed E-state index contributed by atoms with van der Waals surface area (Å²) in [5.74, 6) is 0.437. The molecule has 184 valence electrons. The first-order valence-corrected chi connectivity index (χ1v) is 13.0. The molecule has 5 heterocycles. The SMILES string of the molecule is CCc1c(Oc2nc(Cl)nc3c2C(=O)N(C2CC2)CC3)ncc2c1-c1[nH]c3c(c1CC2)C(=O)NCC3. The molecular formula is C26H25ClN6O3. The minimum Gasteiger partial charge on any atom is -0.419 e. The van der Waals surface area contributed by atoms with Crippen molar-refractivity contribution in [2.24, 2.45) is 0 Å². The molecule has 2 aliphatic heterocycles. The van der Waals surface area contributed by atoms with E-state index in [4.69, 9.17) is 16.3 Å². The fourth-order valence-electron chi connectivity index (χ4n) is 5.89. The molecule has 3 aromatic heterocycles. The highest BCUT2D eigenvalue weighted by atomic mass is 35.5.